The minimum atomic E-state index is -0.189. The fourth-order valence-corrected chi connectivity index (χ4v) is 4.80. The number of halogens is 3. The predicted octanol–water partition coefficient (Wildman–Crippen LogP) is 7.50. The van der Waals surface area contributed by atoms with Gasteiger partial charge in [-0.15, -0.1) is 0 Å². The molecule has 0 aliphatic rings. The van der Waals surface area contributed by atoms with Crippen molar-refractivity contribution in [3.63, 3.8) is 0 Å². The van der Waals surface area contributed by atoms with E-state index in [4.69, 9.17) is 9.72 Å². The number of benzene rings is 2. The third-order valence-corrected chi connectivity index (χ3v) is 6.55. The summed E-state index contributed by atoms with van der Waals surface area (Å²) in [5.74, 6) is 1.47. The lowest BCUT2D eigenvalue weighted by molar-refractivity contribution is 0.196. The maximum absolute atomic E-state index is 13.3. The molecule has 1 heterocycles. The Morgan fingerprint density at radius 3 is 2.41 bits per heavy atom. The first-order valence-electron chi connectivity index (χ1n) is 10.4. The van der Waals surface area contributed by atoms with Gasteiger partial charge in [-0.1, -0.05) is 50.5 Å². The number of hydrogen-bond acceptors (Lipinski definition) is 4. The first-order valence-corrected chi connectivity index (χ1v) is 12.8. The summed E-state index contributed by atoms with van der Waals surface area (Å²) in [5.41, 5.74) is 1.35. The van der Waals surface area contributed by atoms with E-state index in [0.717, 1.165) is 31.2 Å². The third kappa shape index (κ3) is 5.88. The fourth-order valence-electron chi connectivity index (χ4n) is 2.98. The van der Waals surface area contributed by atoms with Gasteiger partial charge in [0.25, 0.3) is 5.56 Å². The fraction of sp³-hybridized carbons (Fsp3) is 0.375. The largest absolute Gasteiger partial charge is 0.491 e. The quantitative estimate of drug-likeness (QED) is 0.266. The zero-order valence-corrected chi connectivity index (χ0v) is 23.5. The molecular formula is C24H26Br3N3O2. The van der Waals surface area contributed by atoms with Crippen LogP contribution in [0.3, 0.4) is 0 Å². The molecule has 0 spiro atoms. The molecule has 3 aromatic rings. The van der Waals surface area contributed by atoms with Crippen molar-refractivity contribution in [1.82, 2.24) is 9.66 Å². The summed E-state index contributed by atoms with van der Waals surface area (Å²) in [6.45, 7) is 11.1. The molecule has 0 amide bonds. The molecule has 0 unspecified atom stereocenters. The highest BCUT2D eigenvalue weighted by molar-refractivity contribution is 9.11. The normalized spacial score (nSPS) is 13.1. The highest BCUT2D eigenvalue weighted by atomic mass is 79.9. The Hall–Kier alpha value is -1.51. The molecule has 1 aromatic heterocycles. The molecule has 0 aliphatic carbocycles. The Bertz CT molecular complexity index is 1210. The maximum atomic E-state index is 13.3. The first-order chi connectivity index (χ1) is 15.0. The van der Waals surface area contributed by atoms with E-state index in [1.54, 1.807) is 12.3 Å². The monoisotopic (exact) mass is 625 g/mol. The lowest BCUT2D eigenvalue weighted by atomic mass is 9.99. The molecule has 0 saturated carbocycles. The number of hydrogen-bond donors (Lipinski definition) is 0. The van der Waals surface area contributed by atoms with Crippen LogP contribution in [0, 0.1) is 5.41 Å². The SMILES string of the molecule is CC[C@H](C)c1nc2ccc(Br)cc2c(=O)n1N=Cc1cc(Br)c(OCC(C)(C)C)c(Br)c1. The van der Waals surface area contributed by atoms with Crippen LogP contribution in [0.15, 0.2) is 53.6 Å². The van der Waals surface area contributed by atoms with E-state index in [0.29, 0.717) is 23.3 Å². The summed E-state index contributed by atoms with van der Waals surface area (Å²) >= 11 is 10.6. The molecule has 0 fully saturated rings. The Morgan fingerprint density at radius 2 is 1.81 bits per heavy atom. The second-order valence-corrected chi connectivity index (χ2v) is 11.6. The van der Waals surface area contributed by atoms with Gasteiger partial charge in [-0.3, -0.25) is 4.79 Å². The van der Waals surface area contributed by atoms with Crippen LogP contribution in [0.2, 0.25) is 0 Å². The van der Waals surface area contributed by atoms with E-state index >= 15 is 0 Å². The average molecular weight is 628 g/mol. The van der Waals surface area contributed by atoms with Gasteiger partial charge in [0.2, 0.25) is 0 Å². The van der Waals surface area contributed by atoms with E-state index < -0.39 is 0 Å². The number of fused-ring (bicyclic) bond motifs is 1. The molecule has 2 aromatic carbocycles. The van der Waals surface area contributed by atoms with E-state index in [1.165, 1.54) is 4.68 Å². The van der Waals surface area contributed by atoms with Crippen molar-refractivity contribution in [1.29, 1.82) is 0 Å². The average Bonchev–Trinajstić information content (AvgIpc) is 2.71. The summed E-state index contributed by atoms with van der Waals surface area (Å²) in [7, 11) is 0. The standard InChI is InChI=1S/C24H26Br3N3O2/c1-6-14(2)22-29-20-8-7-16(25)11-17(20)23(31)30(22)28-12-15-9-18(26)21(19(27)10-15)32-13-24(3,4)5/h7-12,14H,6,13H2,1-5H3/t14-/m0/s1. The van der Waals surface area contributed by atoms with Crippen molar-refractivity contribution in [3.8, 4) is 5.75 Å². The number of nitrogens with zero attached hydrogens (tertiary/aromatic N) is 3. The molecule has 0 aliphatic heterocycles. The lowest BCUT2D eigenvalue weighted by Crippen LogP contribution is -2.23. The van der Waals surface area contributed by atoms with Gasteiger partial charge in [0, 0.05) is 10.4 Å². The minimum absolute atomic E-state index is 0.0463. The van der Waals surface area contributed by atoms with Gasteiger partial charge < -0.3 is 4.74 Å². The number of aromatic nitrogens is 2. The molecule has 0 saturated heterocycles. The molecule has 5 nitrogen and oxygen atoms in total. The molecule has 8 heteroatoms. The van der Waals surface area contributed by atoms with E-state index in [1.807, 2.05) is 31.2 Å². The van der Waals surface area contributed by atoms with Crippen LogP contribution >= 0.6 is 47.8 Å². The Kier molecular flexibility index (Phi) is 7.99. The van der Waals surface area contributed by atoms with E-state index in [9.17, 15) is 4.79 Å². The Labute approximate surface area is 213 Å². The van der Waals surface area contributed by atoms with Crippen LogP contribution in [-0.2, 0) is 0 Å². The summed E-state index contributed by atoms with van der Waals surface area (Å²) in [6, 6.07) is 9.37. The van der Waals surface area contributed by atoms with Gasteiger partial charge >= 0.3 is 0 Å². The highest BCUT2D eigenvalue weighted by Gasteiger charge is 2.17. The predicted molar refractivity (Wildman–Crippen MR) is 142 cm³/mol. The van der Waals surface area contributed by atoms with Crippen LogP contribution < -0.4 is 10.3 Å². The molecular weight excluding hydrogens is 602 g/mol. The van der Waals surface area contributed by atoms with Crippen molar-refractivity contribution < 1.29 is 4.74 Å². The summed E-state index contributed by atoms with van der Waals surface area (Å²) < 4.78 is 9.85. The van der Waals surface area contributed by atoms with Gasteiger partial charge in [-0.25, -0.2) is 4.98 Å². The van der Waals surface area contributed by atoms with Gasteiger partial charge in [0.15, 0.2) is 0 Å². The van der Waals surface area contributed by atoms with Crippen LogP contribution in [0.5, 0.6) is 5.75 Å². The number of ether oxygens (including phenoxy) is 1. The van der Waals surface area contributed by atoms with Crippen LogP contribution in [0.25, 0.3) is 10.9 Å². The van der Waals surface area contributed by atoms with Gasteiger partial charge in [-0.05, 0) is 79.6 Å². The minimum Gasteiger partial charge on any atom is -0.491 e. The second kappa shape index (κ2) is 10.2. The van der Waals surface area contributed by atoms with Gasteiger partial charge in [0.1, 0.15) is 11.6 Å². The number of rotatable bonds is 6. The molecule has 0 radical (unpaired) electrons. The molecule has 0 N–H and O–H groups in total. The topological polar surface area (TPSA) is 56.5 Å². The highest BCUT2D eigenvalue weighted by Crippen LogP contribution is 2.35. The van der Waals surface area contributed by atoms with Gasteiger partial charge in [0.05, 0.1) is 32.7 Å². The van der Waals surface area contributed by atoms with Gasteiger partial charge in [-0.2, -0.15) is 9.78 Å². The van der Waals surface area contributed by atoms with E-state index in [-0.39, 0.29) is 16.9 Å². The van der Waals surface area contributed by atoms with Crippen LogP contribution in [0.4, 0.5) is 0 Å². The van der Waals surface area contributed by atoms with Crippen LogP contribution in [0.1, 0.15) is 58.3 Å². The molecule has 0 bridgehead atoms. The second-order valence-electron chi connectivity index (χ2n) is 8.97. The molecule has 170 valence electrons. The molecule has 32 heavy (non-hydrogen) atoms. The molecule has 1 atom stereocenters. The molecule has 3 rings (SSSR count). The lowest BCUT2D eigenvalue weighted by Gasteiger charge is -2.20. The van der Waals surface area contributed by atoms with Crippen molar-refractivity contribution in [2.75, 3.05) is 6.61 Å². The van der Waals surface area contributed by atoms with Crippen molar-refractivity contribution in [2.45, 2.75) is 47.0 Å². The Balaban J connectivity index is 2.04. The van der Waals surface area contributed by atoms with Crippen molar-refractivity contribution >= 4 is 64.9 Å². The zero-order valence-electron chi connectivity index (χ0n) is 18.7. The zero-order chi connectivity index (χ0) is 23.6. The summed E-state index contributed by atoms with van der Waals surface area (Å²) in [6.07, 6.45) is 2.52. The van der Waals surface area contributed by atoms with Crippen molar-refractivity contribution in [2.24, 2.45) is 10.5 Å². The maximum Gasteiger partial charge on any atom is 0.282 e. The van der Waals surface area contributed by atoms with Crippen molar-refractivity contribution in [3.05, 3.63) is 65.5 Å². The Morgan fingerprint density at radius 1 is 1.16 bits per heavy atom. The third-order valence-electron chi connectivity index (χ3n) is 4.88. The summed E-state index contributed by atoms with van der Waals surface area (Å²) in [4.78, 5) is 18.0. The summed E-state index contributed by atoms with van der Waals surface area (Å²) in [5, 5.41) is 5.07. The first kappa shape index (κ1) is 25.1. The van der Waals surface area contributed by atoms with E-state index in [2.05, 4.69) is 80.6 Å². The smallest absolute Gasteiger partial charge is 0.282 e. The van der Waals surface area contributed by atoms with Crippen LogP contribution in [-0.4, -0.2) is 22.5 Å².